The third kappa shape index (κ3) is 1.78. The number of benzene rings is 1. The second-order valence-corrected chi connectivity index (χ2v) is 8.87. The van der Waals surface area contributed by atoms with Crippen molar-refractivity contribution in [3.8, 4) is 0 Å². The summed E-state index contributed by atoms with van der Waals surface area (Å²) in [6, 6.07) is 8.69. The van der Waals surface area contributed by atoms with E-state index in [1.165, 1.54) is 5.56 Å². The molecule has 0 bridgehead atoms. The first-order valence-corrected chi connectivity index (χ1v) is 10.2. The van der Waals surface area contributed by atoms with Gasteiger partial charge in [-0.1, -0.05) is 18.2 Å². The Balaban J connectivity index is 1.57. The third-order valence-corrected chi connectivity index (χ3v) is 7.89. The second-order valence-electron chi connectivity index (χ2n) is 8.87. The number of hydrogen-bond donors (Lipinski definition) is 0. The molecular weight excluding hydrogens is 356 g/mol. The van der Waals surface area contributed by atoms with Crippen LogP contribution in [0.25, 0.3) is 0 Å². The highest BCUT2D eigenvalue weighted by Crippen LogP contribution is 2.62. The monoisotopic (exact) mass is 380 g/mol. The van der Waals surface area contributed by atoms with E-state index in [0.717, 1.165) is 30.6 Å². The zero-order valence-corrected chi connectivity index (χ0v) is 16.2. The number of carbonyl (C=O) groups is 2. The van der Waals surface area contributed by atoms with Gasteiger partial charge in [-0.25, -0.2) is 4.79 Å². The standard InChI is InChI=1S/C22H24N2O4/c1-12(25)24-16-6-4-3-5-15(16)22-7-8-23(2)18(22)9-13-14(20(22)24)10-27-17-11-28-21(26)19(13)17/h3-6,13-14,18,20H,7-11H2,1-2H3/t13-,14-,18+,20+,22?/m1/s1. The first-order chi connectivity index (χ1) is 13.5. The van der Waals surface area contributed by atoms with E-state index in [9.17, 15) is 9.59 Å². The molecule has 6 heteroatoms. The molecule has 1 saturated heterocycles. The van der Waals surface area contributed by atoms with E-state index < -0.39 is 0 Å². The van der Waals surface area contributed by atoms with Gasteiger partial charge in [-0.2, -0.15) is 0 Å². The van der Waals surface area contributed by atoms with Crippen molar-refractivity contribution in [1.82, 2.24) is 4.90 Å². The first-order valence-electron chi connectivity index (χ1n) is 10.2. The van der Waals surface area contributed by atoms with Gasteiger partial charge in [0.2, 0.25) is 5.91 Å². The molecule has 1 spiro atoms. The lowest BCUT2D eigenvalue weighted by Gasteiger charge is -2.53. The first kappa shape index (κ1) is 16.6. The number of fused-ring (bicyclic) bond motifs is 4. The highest BCUT2D eigenvalue weighted by atomic mass is 16.6. The van der Waals surface area contributed by atoms with Crippen molar-refractivity contribution in [3.63, 3.8) is 0 Å². The van der Waals surface area contributed by atoms with Gasteiger partial charge in [0.15, 0.2) is 0 Å². The average molecular weight is 380 g/mol. The van der Waals surface area contributed by atoms with E-state index in [2.05, 4.69) is 30.1 Å². The van der Waals surface area contributed by atoms with E-state index >= 15 is 0 Å². The van der Waals surface area contributed by atoms with Gasteiger partial charge in [-0.05, 0) is 38.1 Å². The number of anilines is 1. The summed E-state index contributed by atoms with van der Waals surface area (Å²) < 4.78 is 11.3. The number of para-hydroxylation sites is 1. The smallest absolute Gasteiger partial charge is 0.338 e. The van der Waals surface area contributed by atoms with Crippen LogP contribution in [0.3, 0.4) is 0 Å². The summed E-state index contributed by atoms with van der Waals surface area (Å²) in [5, 5.41) is 0. The van der Waals surface area contributed by atoms with Gasteiger partial charge in [0.25, 0.3) is 0 Å². The maximum absolute atomic E-state index is 12.9. The van der Waals surface area contributed by atoms with Gasteiger partial charge in [0.05, 0.1) is 18.2 Å². The van der Waals surface area contributed by atoms with Crippen molar-refractivity contribution in [3.05, 3.63) is 41.2 Å². The number of amides is 1. The number of likely N-dealkylation sites (tertiary alicyclic amines) is 1. The Kier molecular flexibility index (Phi) is 3.19. The van der Waals surface area contributed by atoms with E-state index in [1.54, 1.807) is 6.92 Å². The minimum atomic E-state index is -0.234. The fourth-order valence-corrected chi connectivity index (χ4v) is 6.93. The number of nitrogens with zero attached hydrogens (tertiary/aromatic N) is 2. The van der Waals surface area contributed by atoms with Crippen LogP contribution in [0.15, 0.2) is 35.6 Å². The molecule has 146 valence electrons. The van der Waals surface area contributed by atoms with Crippen LogP contribution in [-0.2, 0) is 24.5 Å². The van der Waals surface area contributed by atoms with Crippen LogP contribution < -0.4 is 4.90 Å². The molecule has 4 heterocycles. The number of ether oxygens (including phenoxy) is 2. The molecule has 6 nitrogen and oxygen atoms in total. The average Bonchev–Trinajstić information content (AvgIpc) is 3.32. The Hall–Kier alpha value is -2.34. The van der Waals surface area contributed by atoms with Gasteiger partial charge in [-0.15, -0.1) is 0 Å². The van der Waals surface area contributed by atoms with E-state index in [1.807, 2.05) is 11.0 Å². The second kappa shape index (κ2) is 5.38. The molecule has 1 aromatic rings. The Labute approximate surface area is 164 Å². The molecule has 1 aliphatic carbocycles. The molecule has 0 radical (unpaired) electrons. The van der Waals surface area contributed by atoms with Crippen molar-refractivity contribution in [2.45, 2.75) is 37.3 Å². The minimum absolute atomic E-state index is 0.0125. The summed E-state index contributed by atoms with van der Waals surface area (Å²) in [6.07, 6.45) is 1.94. The third-order valence-electron chi connectivity index (χ3n) is 7.89. The predicted octanol–water partition coefficient (Wildman–Crippen LogP) is 1.84. The van der Waals surface area contributed by atoms with Crippen LogP contribution in [0.4, 0.5) is 5.69 Å². The number of esters is 1. The minimum Gasteiger partial charge on any atom is -0.493 e. The van der Waals surface area contributed by atoms with Crippen LogP contribution >= 0.6 is 0 Å². The molecule has 1 aromatic carbocycles. The quantitative estimate of drug-likeness (QED) is 0.643. The Morgan fingerprint density at radius 1 is 1.25 bits per heavy atom. The SMILES string of the molecule is CC(=O)N1c2ccccc2C23CCN(C)[C@H]2C[C@H]2C4=C(COC4=O)OC[C@H]2[C@H]13. The molecule has 1 amide bonds. The summed E-state index contributed by atoms with van der Waals surface area (Å²) >= 11 is 0. The maximum Gasteiger partial charge on any atom is 0.338 e. The van der Waals surface area contributed by atoms with Gasteiger partial charge in [-0.3, -0.25) is 4.79 Å². The molecule has 1 saturated carbocycles. The molecule has 1 unspecified atom stereocenters. The lowest BCUT2D eigenvalue weighted by molar-refractivity contribution is -0.136. The summed E-state index contributed by atoms with van der Waals surface area (Å²) in [5.41, 5.74) is 2.96. The number of hydrogen-bond acceptors (Lipinski definition) is 5. The van der Waals surface area contributed by atoms with Crippen molar-refractivity contribution < 1.29 is 19.1 Å². The lowest BCUT2D eigenvalue weighted by Crippen LogP contribution is -2.63. The Morgan fingerprint density at radius 3 is 2.89 bits per heavy atom. The van der Waals surface area contributed by atoms with E-state index in [-0.39, 0.29) is 41.8 Å². The number of rotatable bonds is 0. The number of carbonyl (C=O) groups excluding carboxylic acids is 2. The molecule has 5 aliphatic rings. The summed E-state index contributed by atoms with van der Waals surface area (Å²) in [7, 11) is 2.18. The van der Waals surface area contributed by atoms with Crippen LogP contribution in [-0.4, -0.2) is 55.7 Å². The van der Waals surface area contributed by atoms with Crippen molar-refractivity contribution in [1.29, 1.82) is 0 Å². The topological polar surface area (TPSA) is 59.1 Å². The molecule has 6 rings (SSSR count). The predicted molar refractivity (Wildman–Crippen MR) is 102 cm³/mol. The fraction of sp³-hybridized carbons (Fsp3) is 0.545. The van der Waals surface area contributed by atoms with Gasteiger partial charge >= 0.3 is 5.97 Å². The Bertz CT molecular complexity index is 940. The van der Waals surface area contributed by atoms with Gasteiger partial charge in [0, 0.05) is 35.9 Å². The van der Waals surface area contributed by atoms with Crippen LogP contribution in [0.1, 0.15) is 25.3 Å². The van der Waals surface area contributed by atoms with Crippen LogP contribution in [0, 0.1) is 11.8 Å². The summed E-state index contributed by atoms with van der Waals surface area (Å²) in [6.45, 7) is 3.45. The molecule has 4 aliphatic heterocycles. The highest BCUT2D eigenvalue weighted by Gasteiger charge is 2.67. The van der Waals surface area contributed by atoms with E-state index in [0.29, 0.717) is 18.4 Å². The molecule has 5 atom stereocenters. The lowest BCUT2D eigenvalue weighted by atomic mass is 9.56. The Morgan fingerprint density at radius 2 is 2.07 bits per heavy atom. The maximum atomic E-state index is 12.9. The van der Waals surface area contributed by atoms with E-state index in [4.69, 9.17) is 9.47 Å². The summed E-state index contributed by atoms with van der Waals surface area (Å²) in [5.74, 6) is 0.728. The molecule has 28 heavy (non-hydrogen) atoms. The summed E-state index contributed by atoms with van der Waals surface area (Å²) in [4.78, 5) is 29.8. The normalized spacial score (nSPS) is 38.2. The zero-order valence-electron chi connectivity index (χ0n) is 16.2. The molecular formula is C22H24N2O4. The largest absolute Gasteiger partial charge is 0.493 e. The molecule has 0 N–H and O–H groups in total. The zero-order chi connectivity index (χ0) is 19.2. The molecule has 0 aromatic heterocycles. The van der Waals surface area contributed by atoms with Crippen LogP contribution in [0.2, 0.25) is 0 Å². The highest BCUT2D eigenvalue weighted by molar-refractivity contribution is 5.97. The van der Waals surface area contributed by atoms with Crippen molar-refractivity contribution in [2.24, 2.45) is 11.8 Å². The molecule has 2 fully saturated rings. The van der Waals surface area contributed by atoms with Crippen molar-refractivity contribution in [2.75, 3.05) is 31.7 Å². The van der Waals surface area contributed by atoms with Crippen molar-refractivity contribution >= 4 is 17.6 Å². The van der Waals surface area contributed by atoms with Crippen LogP contribution in [0.5, 0.6) is 0 Å². The number of likely N-dealkylation sites (N-methyl/N-ethyl adjacent to an activating group) is 1. The fourth-order valence-electron chi connectivity index (χ4n) is 6.93. The van der Waals surface area contributed by atoms with Gasteiger partial charge < -0.3 is 19.3 Å². The number of cyclic esters (lactones) is 1. The van der Waals surface area contributed by atoms with Gasteiger partial charge in [0.1, 0.15) is 12.4 Å².